The first-order chi connectivity index (χ1) is 14.1. The number of amides is 3. The minimum Gasteiger partial charge on any atom is -0.497 e. The van der Waals surface area contributed by atoms with Gasteiger partial charge in [-0.15, -0.1) is 0 Å². The number of ether oxygens (including phenoxy) is 1. The van der Waals surface area contributed by atoms with Crippen LogP contribution in [0.15, 0.2) is 60.8 Å². The zero-order chi connectivity index (χ0) is 20.6. The van der Waals surface area contributed by atoms with Crippen molar-refractivity contribution >= 4 is 17.6 Å². The molecule has 0 aliphatic carbocycles. The molecule has 1 aromatic heterocycles. The number of nitrogens with one attached hydrogen (secondary N) is 3. The van der Waals surface area contributed by atoms with Crippen LogP contribution in [0.4, 0.5) is 10.5 Å². The van der Waals surface area contributed by atoms with Gasteiger partial charge in [-0.2, -0.15) is 5.10 Å². The fraction of sp³-hybridized carbons (Fsp3) is 0.190. The Labute approximate surface area is 168 Å². The normalized spacial score (nSPS) is 10.3. The summed E-state index contributed by atoms with van der Waals surface area (Å²) in [6.07, 6.45) is 2.43. The lowest BCUT2D eigenvalue weighted by atomic mass is 10.1. The molecule has 0 saturated heterocycles. The highest BCUT2D eigenvalue weighted by molar-refractivity contribution is 5.92. The molecule has 2 aromatic carbocycles. The molecular formula is C21H23N5O3. The SMILES string of the molecule is CNC(=O)c1ccn(-c2ccc(NC(=O)NCCc3ccc(OC)cc3)cc2)n1. The monoisotopic (exact) mass is 393 g/mol. The third-order valence-electron chi connectivity index (χ3n) is 4.30. The molecule has 0 atom stereocenters. The van der Waals surface area contributed by atoms with Gasteiger partial charge in [-0.1, -0.05) is 12.1 Å². The second-order valence-electron chi connectivity index (χ2n) is 6.25. The number of benzene rings is 2. The third-order valence-corrected chi connectivity index (χ3v) is 4.30. The topological polar surface area (TPSA) is 97.3 Å². The lowest BCUT2D eigenvalue weighted by Crippen LogP contribution is -2.30. The van der Waals surface area contributed by atoms with E-state index in [0.29, 0.717) is 17.9 Å². The minimum absolute atomic E-state index is 0.242. The Bertz CT molecular complexity index is 965. The van der Waals surface area contributed by atoms with Gasteiger partial charge in [0.05, 0.1) is 12.8 Å². The predicted octanol–water partition coefficient (Wildman–Crippen LogP) is 2.60. The van der Waals surface area contributed by atoms with E-state index in [4.69, 9.17) is 4.74 Å². The molecule has 3 rings (SSSR count). The molecule has 3 N–H and O–H groups in total. The number of carbonyl (C=O) groups excluding carboxylic acids is 2. The smallest absolute Gasteiger partial charge is 0.319 e. The van der Waals surface area contributed by atoms with Gasteiger partial charge in [0.2, 0.25) is 0 Å². The van der Waals surface area contributed by atoms with Crippen LogP contribution in [0, 0.1) is 0 Å². The van der Waals surface area contributed by atoms with Gasteiger partial charge in [0.25, 0.3) is 5.91 Å². The van der Waals surface area contributed by atoms with Gasteiger partial charge in [0.15, 0.2) is 5.69 Å². The van der Waals surface area contributed by atoms with Crippen molar-refractivity contribution in [3.05, 3.63) is 72.1 Å². The Morgan fingerprint density at radius 3 is 2.41 bits per heavy atom. The Morgan fingerprint density at radius 1 is 1.03 bits per heavy atom. The van der Waals surface area contributed by atoms with Gasteiger partial charge in [-0.25, -0.2) is 9.48 Å². The fourth-order valence-corrected chi connectivity index (χ4v) is 2.70. The van der Waals surface area contributed by atoms with Crippen LogP contribution in [0.2, 0.25) is 0 Å². The van der Waals surface area contributed by atoms with Crippen molar-refractivity contribution in [3.63, 3.8) is 0 Å². The molecule has 1 heterocycles. The summed E-state index contributed by atoms with van der Waals surface area (Å²) in [5, 5.41) is 12.4. The number of aromatic nitrogens is 2. The molecule has 8 heteroatoms. The van der Waals surface area contributed by atoms with Crippen LogP contribution in [0.5, 0.6) is 5.75 Å². The van der Waals surface area contributed by atoms with Crippen LogP contribution in [0.3, 0.4) is 0 Å². The number of rotatable bonds is 7. The van der Waals surface area contributed by atoms with Crippen LogP contribution >= 0.6 is 0 Å². The summed E-state index contributed by atoms with van der Waals surface area (Å²) >= 11 is 0. The van der Waals surface area contributed by atoms with Gasteiger partial charge >= 0.3 is 6.03 Å². The summed E-state index contributed by atoms with van der Waals surface area (Å²) in [5.41, 5.74) is 2.90. The second-order valence-corrected chi connectivity index (χ2v) is 6.25. The maximum absolute atomic E-state index is 12.1. The summed E-state index contributed by atoms with van der Waals surface area (Å²) in [6, 6.07) is 16.3. The number of nitrogens with zero attached hydrogens (tertiary/aromatic N) is 2. The van der Waals surface area contributed by atoms with Gasteiger partial charge < -0.3 is 20.7 Å². The van der Waals surface area contributed by atoms with Crippen LogP contribution in [0.25, 0.3) is 5.69 Å². The molecule has 0 saturated carbocycles. The Balaban J connectivity index is 1.49. The number of anilines is 1. The van der Waals surface area contributed by atoms with Crippen molar-refractivity contribution < 1.29 is 14.3 Å². The summed E-state index contributed by atoms with van der Waals surface area (Å²) in [6.45, 7) is 0.520. The van der Waals surface area contributed by atoms with Gasteiger partial charge in [-0.3, -0.25) is 4.79 Å². The molecule has 150 valence electrons. The quantitative estimate of drug-likeness (QED) is 0.575. The third kappa shape index (κ3) is 5.35. The van der Waals surface area contributed by atoms with Crippen molar-refractivity contribution in [1.82, 2.24) is 20.4 Å². The molecule has 0 unspecified atom stereocenters. The van der Waals surface area contributed by atoms with E-state index in [1.807, 2.05) is 36.4 Å². The van der Waals surface area contributed by atoms with Crippen LogP contribution in [-0.4, -0.2) is 42.4 Å². The first-order valence-electron chi connectivity index (χ1n) is 9.15. The van der Waals surface area contributed by atoms with E-state index in [0.717, 1.165) is 23.4 Å². The van der Waals surface area contributed by atoms with E-state index in [9.17, 15) is 9.59 Å². The van der Waals surface area contributed by atoms with Crippen molar-refractivity contribution in [2.24, 2.45) is 0 Å². The Hall–Kier alpha value is -3.81. The molecular weight excluding hydrogens is 370 g/mol. The largest absolute Gasteiger partial charge is 0.497 e. The van der Waals surface area contributed by atoms with E-state index in [1.54, 1.807) is 43.2 Å². The van der Waals surface area contributed by atoms with Gasteiger partial charge in [0, 0.05) is 25.5 Å². The van der Waals surface area contributed by atoms with E-state index in [-0.39, 0.29) is 11.9 Å². The molecule has 0 radical (unpaired) electrons. The maximum atomic E-state index is 12.1. The number of methoxy groups -OCH3 is 1. The highest BCUT2D eigenvalue weighted by Crippen LogP contribution is 2.14. The van der Waals surface area contributed by atoms with Gasteiger partial charge in [-0.05, 0) is 54.4 Å². The molecule has 0 bridgehead atoms. The van der Waals surface area contributed by atoms with Crippen molar-refractivity contribution in [2.45, 2.75) is 6.42 Å². The van der Waals surface area contributed by atoms with E-state index < -0.39 is 0 Å². The molecule has 3 aromatic rings. The lowest BCUT2D eigenvalue weighted by Gasteiger charge is -2.09. The van der Waals surface area contributed by atoms with Crippen molar-refractivity contribution in [3.8, 4) is 11.4 Å². The average molecular weight is 393 g/mol. The first-order valence-corrected chi connectivity index (χ1v) is 9.15. The molecule has 29 heavy (non-hydrogen) atoms. The van der Waals surface area contributed by atoms with Crippen LogP contribution in [-0.2, 0) is 6.42 Å². The Kier molecular flexibility index (Phi) is 6.47. The second kappa shape index (κ2) is 9.41. The summed E-state index contributed by atoms with van der Waals surface area (Å²) in [4.78, 5) is 23.7. The highest BCUT2D eigenvalue weighted by atomic mass is 16.5. The zero-order valence-corrected chi connectivity index (χ0v) is 16.3. The molecule has 0 aliphatic heterocycles. The summed E-state index contributed by atoms with van der Waals surface area (Å²) < 4.78 is 6.73. The van der Waals surface area contributed by atoms with E-state index in [1.165, 1.54) is 0 Å². The number of urea groups is 1. The van der Waals surface area contributed by atoms with Crippen LogP contribution in [0.1, 0.15) is 16.1 Å². The number of hydrogen-bond acceptors (Lipinski definition) is 4. The maximum Gasteiger partial charge on any atom is 0.319 e. The summed E-state index contributed by atoms with van der Waals surface area (Å²) in [7, 11) is 3.19. The molecule has 0 aliphatic rings. The average Bonchev–Trinajstić information content (AvgIpc) is 3.24. The minimum atomic E-state index is -0.271. The molecule has 0 spiro atoms. The van der Waals surface area contributed by atoms with E-state index in [2.05, 4.69) is 21.0 Å². The number of hydrogen-bond donors (Lipinski definition) is 3. The van der Waals surface area contributed by atoms with E-state index >= 15 is 0 Å². The first kappa shape index (κ1) is 19.9. The summed E-state index contributed by atoms with van der Waals surface area (Å²) in [5.74, 6) is 0.566. The standard InChI is InChI=1S/C21H23N5O3/c1-22-20(27)19-12-14-26(25-19)17-7-5-16(6-8-17)24-21(28)23-13-11-15-3-9-18(29-2)10-4-15/h3-10,12,14H,11,13H2,1-2H3,(H,22,27)(H2,23,24,28). The molecule has 8 nitrogen and oxygen atoms in total. The Morgan fingerprint density at radius 2 is 1.76 bits per heavy atom. The lowest BCUT2D eigenvalue weighted by molar-refractivity contribution is 0.0957. The molecule has 3 amide bonds. The number of carbonyl (C=O) groups is 2. The van der Waals surface area contributed by atoms with Crippen molar-refractivity contribution in [1.29, 1.82) is 0 Å². The fourth-order valence-electron chi connectivity index (χ4n) is 2.70. The molecule has 0 fully saturated rings. The predicted molar refractivity (Wildman–Crippen MR) is 111 cm³/mol. The van der Waals surface area contributed by atoms with Crippen LogP contribution < -0.4 is 20.7 Å². The zero-order valence-electron chi connectivity index (χ0n) is 16.3. The highest BCUT2D eigenvalue weighted by Gasteiger charge is 2.08. The van der Waals surface area contributed by atoms with Crippen molar-refractivity contribution in [2.75, 3.05) is 26.0 Å². The van der Waals surface area contributed by atoms with Gasteiger partial charge in [0.1, 0.15) is 5.75 Å².